The zero-order valence-electron chi connectivity index (χ0n) is 9.09. The minimum Gasteiger partial charge on any atom is -0.361 e. The van der Waals surface area contributed by atoms with Gasteiger partial charge in [0.05, 0.1) is 6.54 Å². The number of nitrogens with zero attached hydrogens (tertiary/aromatic N) is 1. The summed E-state index contributed by atoms with van der Waals surface area (Å²) in [6.07, 6.45) is 3.96. The van der Waals surface area contributed by atoms with Gasteiger partial charge < -0.3 is 10.6 Å². The van der Waals surface area contributed by atoms with E-state index in [9.17, 15) is 4.79 Å². The topological polar surface area (TPSA) is 54.0 Å². The van der Waals surface area contributed by atoms with Gasteiger partial charge in [-0.3, -0.25) is 4.79 Å². The fourth-order valence-electron chi connectivity index (χ4n) is 1.31. The van der Waals surface area contributed by atoms with Crippen molar-refractivity contribution in [2.45, 2.75) is 25.8 Å². The van der Waals surface area contributed by atoms with Crippen LogP contribution in [0, 0.1) is 6.92 Å². The van der Waals surface area contributed by atoms with Gasteiger partial charge >= 0.3 is 0 Å². The van der Waals surface area contributed by atoms with E-state index in [0.29, 0.717) is 6.04 Å². The van der Waals surface area contributed by atoms with Gasteiger partial charge in [-0.15, -0.1) is 0 Å². The van der Waals surface area contributed by atoms with Gasteiger partial charge in [-0.2, -0.15) is 0 Å². The Balaban J connectivity index is 1.83. The highest BCUT2D eigenvalue weighted by atomic mass is 79.9. The summed E-state index contributed by atoms with van der Waals surface area (Å²) >= 11 is 3.38. The van der Waals surface area contributed by atoms with E-state index in [1.54, 1.807) is 6.20 Å². The first-order valence-electron chi connectivity index (χ1n) is 5.30. The molecule has 0 aromatic carbocycles. The van der Waals surface area contributed by atoms with Gasteiger partial charge in [-0.05, 0) is 47.3 Å². The zero-order valence-corrected chi connectivity index (χ0v) is 10.7. The van der Waals surface area contributed by atoms with Crippen LogP contribution in [0.15, 0.2) is 16.7 Å². The maximum atomic E-state index is 11.4. The van der Waals surface area contributed by atoms with Crippen molar-refractivity contribution in [3.63, 3.8) is 0 Å². The van der Waals surface area contributed by atoms with E-state index in [4.69, 9.17) is 0 Å². The summed E-state index contributed by atoms with van der Waals surface area (Å²) in [5, 5.41) is 5.91. The molecule has 2 rings (SSSR count). The molecule has 0 bridgehead atoms. The van der Waals surface area contributed by atoms with Crippen LogP contribution in [-0.4, -0.2) is 23.5 Å². The lowest BCUT2D eigenvalue weighted by atomic mass is 10.3. The molecule has 0 unspecified atom stereocenters. The van der Waals surface area contributed by atoms with Crippen molar-refractivity contribution < 1.29 is 4.79 Å². The van der Waals surface area contributed by atoms with Gasteiger partial charge in [0, 0.05) is 16.7 Å². The fraction of sp³-hybridized carbons (Fsp3) is 0.455. The summed E-state index contributed by atoms with van der Waals surface area (Å²) in [7, 11) is 0. The molecule has 1 saturated carbocycles. The van der Waals surface area contributed by atoms with Crippen molar-refractivity contribution in [3.8, 4) is 0 Å². The van der Waals surface area contributed by atoms with Gasteiger partial charge in [-0.1, -0.05) is 0 Å². The quantitative estimate of drug-likeness (QED) is 0.887. The van der Waals surface area contributed by atoms with E-state index in [0.717, 1.165) is 28.7 Å². The van der Waals surface area contributed by atoms with Crippen molar-refractivity contribution in [1.29, 1.82) is 0 Å². The molecule has 16 heavy (non-hydrogen) atoms. The number of hydrogen-bond acceptors (Lipinski definition) is 3. The predicted molar refractivity (Wildman–Crippen MR) is 66.3 cm³/mol. The number of pyridine rings is 1. The number of amides is 1. The second kappa shape index (κ2) is 4.82. The summed E-state index contributed by atoms with van der Waals surface area (Å²) in [4.78, 5) is 15.6. The maximum absolute atomic E-state index is 11.4. The van der Waals surface area contributed by atoms with Crippen molar-refractivity contribution in [2.24, 2.45) is 0 Å². The zero-order chi connectivity index (χ0) is 11.5. The maximum Gasteiger partial charge on any atom is 0.239 e. The highest BCUT2D eigenvalue weighted by molar-refractivity contribution is 9.10. The summed E-state index contributed by atoms with van der Waals surface area (Å²) in [6.45, 7) is 2.27. The van der Waals surface area contributed by atoms with Crippen molar-refractivity contribution in [1.82, 2.24) is 10.3 Å². The number of rotatable bonds is 4. The molecule has 1 fully saturated rings. The number of aryl methyl sites for hydroxylation is 1. The van der Waals surface area contributed by atoms with Crippen LogP contribution in [0.3, 0.4) is 0 Å². The van der Waals surface area contributed by atoms with E-state index in [2.05, 4.69) is 31.5 Å². The van der Waals surface area contributed by atoms with Crippen LogP contribution in [-0.2, 0) is 4.79 Å². The van der Waals surface area contributed by atoms with Gasteiger partial charge in [0.2, 0.25) is 5.91 Å². The van der Waals surface area contributed by atoms with Crippen LogP contribution in [0.1, 0.15) is 18.4 Å². The van der Waals surface area contributed by atoms with E-state index in [1.165, 1.54) is 0 Å². The molecule has 4 nitrogen and oxygen atoms in total. The van der Waals surface area contributed by atoms with Crippen molar-refractivity contribution in [2.75, 3.05) is 11.9 Å². The molecule has 86 valence electrons. The number of anilines is 1. The Morgan fingerprint density at radius 3 is 3.00 bits per heavy atom. The highest BCUT2D eigenvalue weighted by Gasteiger charge is 2.22. The third-order valence-corrected chi connectivity index (χ3v) is 3.25. The molecule has 0 aliphatic heterocycles. The minimum atomic E-state index is 0.0323. The predicted octanol–water partition coefficient (Wildman–Crippen LogP) is 1.84. The normalized spacial score (nSPS) is 14.6. The number of nitrogens with one attached hydrogen (secondary N) is 2. The van der Waals surface area contributed by atoms with Gasteiger partial charge in [0.25, 0.3) is 0 Å². The van der Waals surface area contributed by atoms with E-state index >= 15 is 0 Å². The molecule has 0 atom stereocenters. The molecule has 1 aliphatic rings. The SMILES string of the molecule is Cc1cc(NCC(=O)NC2CC2)ncc1Br. The number of carbonyl (C=O) groups is 1. The molecule has 1 aromatic heterocycles. The molecular formula is C11H14BrN3O. The standard InChI is InChI=1S/C11H14BrN3O/c1-7-4-10(13-5-9(7)12)14-6-11(16)15-8-2-3-8/h4-5,8H,2-3,6H2,1H3,(H,13,14)(H,15,16). The number of hydrogen-bond donors (Lipinski definition) is 2. The van der Waals surface area contributed by atoms with Crippen LogP contribution in [0.2, 0.25) is 0 Å². The fourth-order valence-corrected chi connectivity index (χ4v) is 1.53. The number of aromatic nitrogens is 1. The second-order valence-electron chi connectivity index (χ2n) is 4.01. The minimum absolute atomic E-state index is 0.0323. The van der Waals surface area contributed by atoms with E-state index < -0.39 is 0 Å². The summed E-state index contributed by atoms with van der Waals surface area (Å²) in [6, 6.07) is 2.32. The Morgan fingerprint density at radius 2 is 2.38 bits per heavy atom. The molecule has 0 saturated heterocycles. The molecule has 0 spiro atoms. The van der Waals surface area contributed by atoms with Gasteiger partial charge in [0.1, 0.15) is 5.82 Å². The average molecular weight is 284 g/mol. The van der Waals surface area contributed by atoms with Crippen LogP contribution >= 0.6 is 15.9 Å². The van der Waals surface area contributed by atoms with Crippen LogP contribution < -0.4 is 10.6 Å². The smallest absolute Gasteiger partial charge is 0.239 e. The lowest BCUT2D eigenvalue weighted by molar-refractivity contribution is -0.119. The summed E-state index contributed by atoms with van der Waals surface area (Å²) in [5.74, 6) is 0.761. The first kappa shape index (κ1) is 11.4. The first-order valence-corrected chi connectivity index (χ1v) is 6.10. The molecule has 1 aliphatic carbocycles. The Morgan fingerprint density at radius 1 is 1.62 bits per heavy atom. The Kier molecular flexibility index (Phi) is 3.43. The summed E-state index contributed by atoms with van der Waals surface area (Å²) in [5.41, 5.74) is 1.10. The monoisotopic (exact) mass is 283 g/mol. The van der Waals surface area contributed by atoms with Crippen LogP contribution in [0.25, 0.3) is 0 Å². The molecule has 1 aromatic rings. The lowest BCUT2D eigenvalue weighted by Gasteiger charge is -2.07. The first-order chi connectivity index (χ1) is 7.65. The lowest BCUT2D eigenvalue weighted by Crippen LogP contribution is -2.31. The van der Waals surface area contributed by atoms with E-state index in [-0.39, 0.29) is 12.5 Å². The largest absolute Gasteiger partial charge is 0.361 e. The number of carbonyl (C=O) groups excluding carboxylic acids is 1. The van der Waals surface area contributed by atoms with Gasteiger partial charge in [-0.25, -0.2) is 4.98 Å². The number of halogens is 1. The Bertz CT molecular complexity index is 404. The van der Waals surface area contributed by atoms with Crippen molar-refractivity contribution >= 4 is 27.7 Å². The molecule has 2 N–H and O–H groups in total. The molecular weight excluding hydrogens is 270 g/mol. The third kappa shape index (κ3) is 3.20. The van der Waals surface area contributed by atoms with Crippen LogP contribution in [0.4, 0.5) is 5.82 Å². The Hall–Kier alpha value is -1.10. The van der Waals surface area contributed by atoms with Crippen LogP contribution in [0.5, 0.6) is 0 Å². The molecule has 1 heterocycles. The second-order valence-corrected chi connectivity index (χ2v) is 4.87. The molecule has 0 radical (unpaired) electrons. The van der Waals surface area contributed by atoms with Gasteiger partial charge in [0.15, 0.2) is 0 Å². The highest BCUT2D eigenvalue weighted by Crippen LogP contribution is 2.19. The molecule has 5 heteroatoms. The summed E-state index contributed by atoms with van der Waals surface area (Å²) < 4.78 is 0.973. The molecule has 1 amide bonds. The van der Waals surface area contributed by atoms with E-state index in [1.807, 2.05) is 13.0 Å². The average Bonchev–Trinajstić information content (AvgIpc) is 3.04. The Labute approximate surface area is 103 Å². The van der Waals surface area contributed by atoms with Crippen molar-refractivity contribution in [3.05, 3.63) is 22.3 Å². The third-order valence-electron chi connectivity index (χ3n) is 2.42.